The molecule has 4 nitrogen and oxygen atoms in total. The van der Waals surface area contributed by atoms with Crippen LogP contribution < -0.4 is 5.32 Å². The van der Waals surface area contributed by atoms with E-state index in [1.54, 1.807) is 4.31 Å². The van der Waals surface area contributed by atoms with E-state index in [0.29, 0.717) is 15.2 Å². The summed E-state index contributed by atoms with van der Waals surface area (Å²) in [6, 6.07) is 1.81. The molecule has 0 amide bonds. The quantitative estimate of drug-likeness (QED) is 0.860. The highest BCUT2D eigenvalue weighted by molar-refractivity contribution is 9.10. The number of halogens is 1. The minimum absolute atomic E-state index is 0.210. The molecule has 1 spiro atoms. The summed E-state index contributed by atoms with van der Waals surface area (Å²) in [7, 11) is -3.39. The molecule has 1 aliphatic heterocycles. The van der Waals surface area contributed by atoms with Crippen LogP contribution in [0, 0.1) is 0 Å². The van der Waals surface area contributed by atoms with Crippen molar-refractivity contribution in [1.29, 1.82) is 0 Å². The van der Waals surface area contributed by atoms with Crippen molar-refractivity contribution >= 4 is 37.3 Å². The van der Waals surface area contributed by atoms with Gasteiger partial charge in [-0.25, -0.2) is 8.42 Å². The summed E-state index contributed by atoms with van der Waals surface area (Å²) >= 11 is 4.67. The summed E-state index contributed by atoms with van der Waals surface area (Å²) in [5, 5.41) is 5.22. The molecule has 0 bridgehead atoms. The molecule has 3 rings (SSSR count). The van der Waals surface area contributed by atoms with Crippen LogP contribution in [0.1, 0.15) is 32.1 Å². The van der Waals surface area contributed by atoms with Gasteiger partial charge in [-0.1, -0.05) is 19.3 Å². The Balaban J connectivity index is 1.99. The van der Waals surface area contributed by atoms with Crippen LogP contribution in [0.15, 0.2) is 20.1 Å². The molecule has 1 aliphatic carbocycles. The maximum atomic E-state index is 13.0. The highest BCUT2D eigenvalue weighted by atomic mass is 79.9. The topological polar surface area (TPSA) is 49.4 Å². The highest BCUT2D eigenvalue weighted by Crippen LogP contribution is 2.40. The summed E-state index contributed by atoms with van der Waals surface area (Å²) in [6.45, 7) is 2.10. The van der Waals surface area contributed by atoms with Gasteiger partial charge < -0.3 is 5.32 Å². The first-order valence-corrected chi connectivity index (χ1v) is 10.1. The van der Waals surface area contributed by atoms with Crippen molar-refractivity contribution in [2.24, 2.45) is 0 Å². The third kappa shape index (κ3) is 2.47. The van der Waals surface area contributed by atoms with Crippen LogP contribution in [0.3, 0.4) is 0 Å². The molecule has 2 aliphatic rings. The van der Waals surface area contributed by atoms with Gasteiger partial charge in [-0.2, -0.15) is 4.31 Å². The van der Waals surface area contributed by atoms with Gasteiger partial charge in [0.2, 0.25) is 0 Å². The number of rotatable bonds is 2. The fourth-order valence-electron chi connectivity index (χ4n) is 3.40. The summed E-state index contributed by atoms with van der Waals surface area (Å²) in [4.78, 5) is 0. The van der Waals surface area contributed by atoms with Crippen molar-refractivity contribution in [3.63, 3.8) is 0 Å². The van der Waals surface area contributed by atoms with Crippen LogP contribution in [0.2, 0.25) is 0 Å². The Morgan fingerprint density at radius 2 is 2.05 bits per heavy atom. The highest BCUT2D eigenvalue weighted by Gasteiger charge is 2.46. The van der Waals surface area contributed by atoms with Gasteiger partial charge in [0.05, 0.1) is 0 Å². The molecule has 1 aromatic heterocycles. The average Bonchev–Trinajstić information content (AvgIpc) is 2.87. The Morgan fingerprint density at radius 1 is 1.30 bits per heavy atom. The molecule has 0 atom stereocenters. The van der Waals surface area contributed by atoms with E-state index in [1.807, 2.05) is 11.4 Å². The zero-order valence-electron chi connectivity index (χ0n) is 11.3. The predicted molar refractivity (Wildman–Crippen MR) is 84.6 cm³/mol. The Hall–Kier alpha value is 0.0500. The van der Waals surface area contributed by atoms with E-state index in [0.717, 1.165) is 38.8 Å². The first-order valence-electron chi connectivity index (χ1n) is 7.03. The largest absolute Gasteiger partial charge is 0.314 e. The molecule has 2 heterocycles. The van der Waals surface area contributed by atoms with E-state index < -0.39 is 10.0 Å². The minimum atomic E-state index is -3.39. The van der Waals surface area contributed by atoms with Crippen LogP contribution in [0.25, 0.3) is 0 Å². The van der Waals surface area contributed by atoms with Gasteiger partial charge in [0.1, 0.15) is 4.21 Å². The number of hydrogen-bond donors (Lipinski definition) is 1. The number of nitrogens with one attached hydrogen (secondary N) is 1. The van der Waals surface area contributed by atoms with Crippen LogP contribution in [-0.4, -0.2) is 37.9 Å². The molecule has 0 radical (unpaired) electrons. The van der Waals surface area contributed by atoms with Crippen molar-refractivity contribution in [3.05, 3.63) is 15.9 Å². The SMILES string of the molecule is O=S(=O)(c1sccc1Br)N1CCNCC12CCCCC2. The molecule has 0 unspecified atom stereocenters. The molecular weight excluding hydrogens is 360 g/mol. The molecule has 1 saturated carbocycles. The molecule has 1 N–H and O–H groups in total. The Kier molecular flexibility index (Phi) is 4.25. The van der Waals surface area contributed by atoms with Gasteiger partial charge in [-0.3, -0.25) is 0 Å². The minimum Gasteiger partial charge on any atom is -0.314 e. The lowest BCUT2D eigenvalue weighted by atomic mass is 9.80. The normalized spacial score (nSPS) is 24.1. The van der Waals surface area contributed by atoms with Crippen LogP contribution in [0.5, 0.6) is 0 Å². The second-order valence-corrected chi connectivity index (χ2v) is 9.42. The average molecular weight is 379 g/mol. The zero-order valence-corrected chi connectivity index (χ0v) is 14.5. The van der Waals surface area contributed by atoms with Gasteiger partial charge in [0.25, 0.3) is 10.0 Å². The lowest BCUT2D eigenvalue weighted by Gasteiger charge is -2.48. The van der Waals surface area contributed by atoms with Gasteiger partial charge in [-0.05, 0) is 40.2 Å². The predicted octanol–water partition coefficient (Wildman–Crippen LogP) is 2.81. The van der Waals surface area contributed by atoms with Gasteiger partial charge >= 0.3 is 0 Å². The number of nitrogens with zero attached hydrogens (tertiary/aromatic N) is 1. The standard InChI is InChI=1S/C13H19BrN2O2S2/c14-11-4-9-19-12(11)20(17,18)16-8-7-15-10-13(16)5-2-1-3-6-13/h4,9,15H,1-3,5-8,10H2. The summed E-state index contributed by atoms with van der Waals surface area (Å²) in [6.07, 6.45) is 5.42. The van der Waals surface area contributed by atoms with Crippen LogP contribution in [0.4, 0.5) is 0 Å². The number of piperazine rings is 1. The van der Waals surface area contributed by atoms with Crippen molar-refractivity contribution in [2.45, 2.75) is 41.9 Å². The summed E-state index contributed by atoms with van der Waals surface area (Å²) in [5.74, 6) is 0. The molecule has 112 valence electrons. The Bertz CT molecular complexity index is 571. The molecule has 7 heteroatoms. The lowest BCUT2D eigenvalue weighted by Crippen LogP contribution is -2.63. The Labute approximate surface area is 132 Å². The fourth-order valence-corrected chi connectivity index (χ4v) is 7.64. The van der Waals surface area contributed by atoms with Gasteiger partial charge in [0.15, 0.2) is 0 Å². The fraction of sp³-hybridized carbons (Fsp3) is 0.692. The van der Waals surface area contributed by atoms with E-state index in [1.165, 1.54) is 17.8 Å². The number of thiophene rings is 1. The van der Waals surface area contributed by atoms with Crippen molar-refractivity contribution in [2.75, 3.05) is 19.6 Å². The van der Waals surface area contributed by atoms with E-state index >= 15 is 0 Å². The Morgan fingerprint density at radius 3 is 2.70 bits per heavy atom. The molecule has 1 saturated heterocycles. The first-order chi connectivity index (χ1) is 9.56. The van der Waals surface area contributed by atoms with E-state index in [-0.39, 0.29) is 5.54 Å². The van der Waals surface area contributed by atoms with Crippen LogP contribution in [-0.2, 0) is 10.0 Å². The molecular formula is C13H19BrN2O2S2. The second kappa shape index (κ2) is 5.68. The molecule has 1 aromatic rings. The van der Waals surface area contributed by atoms with E-state index in [9.17, 15) is 8.42 Å². The lowest BCUT2D eigenvalue weighted by molar-refractivity contribution is 0.101. The number of hydrogen-bond acceptors (Lipinski definition) is 4. The van der Waals surface area contributed by atoms with Crippen molar-refractivity contribution in [3.8, 4) is 0 Å². The van der Waals surface area contributed by atoms with Crippen molar-refractivity contribution in [1.82, 2.24) is 9.62 Å². The van der Waals surface area contributed by atoms with E-state index in [2.05, 4.69) is 21.2 Å². The smallest absolute Gasteiger partial charge is 0.254 e. The third-order valence-corrected chi connectivity index (χ3v) is 9.02. The van der Waals surface area contributed by atoms with Gasteiger partial charge in [-0.15, -0.1) is 11.3 Å². The first kappa shape index (κ1) is 15.0. The zero-order chi connectivity index (χ0) is 14.2. The maximum absolute atomic E-state index is 13.0. The molecule has 0 aromatic carbocycles. The summed E-state index contributed by atoms with van der Waals surface area (Å²) < 4.78 is 29.0. The summed E-state index contributed by atoms with van der Waals surface area (Å²) in [5.41, 5.74) is -0.210. The van der Waals surface area contributed by atoms with Crippen LogP contribution >= 0.6 is 27.3 Å². The third-order valence-electron chi connectivity index (χ3n) is 4.37. The molecule has 2 fully saturated rings. The molecule has 20 heavy (non-hydrogen) atoms. The monoisotopic (exact) mass is 378 g/mol. The maximum Gasteiger partial charge on any atom is 0.254 e. The number of sulfonamides is 1. The van der Waals surface area contributed by atoms with Crippen molar-refractivity contribution < 1.29 is 8.42 Å². The second-order valence-electron chi connectivity index (χ2n) is 5.59. The van der Waals surface area contributed by atoms with Gasteiger partial charge in [0, 0.05) is 29.6 Å². The van der Waals surface area contributed by atoms with E-state index in [4.69, 9.17) is 0 Å².